The molecule has 2 rings (SSSR count). The lowest BCUT2D eigenvalue weighted by atomic mass is 10.1. The van der Waals surface area contributed by atoms with Crippen LogP contribution in [-0.4, -0.2) is 50.1 Å². The van der Waals surface area contributed by atoms with Crippen molar-refractivity contribution in [2.45, 2.75) is 25.9 Å². The minimum absolute atomic E-state index is 0.0192. The number of nitrogens with zero attached hydrogens (tertiary/aromatic N) is 2. The lowest BCUT2D eigenvalue weighted by molar-refractivity contribution is -0.137. The molecule has 0 bridgehead atoms. The summed E-state index contributed by atoms with van der Waals surface area (Å²) in [7, 11) is 0. The first-order valence-corrected chi connectivity index (χ1v) is 8.20. The number of ether oxygens (including phenoxy) is 1. The second-order valence-electron chi connectivity index (χ2n) is 5.83. The Morgan fingerprint density at radius 1 is 1.24 bits per heavy atom. The average molecular weight is 358 g/mol. The number of hydrogen-bond acceptors (Lipinski definition) is 4. The monoisotopic (exact) mass is 358 g/mol. The highest BCUT2D eigenvalue weighted by molar-refractivity contribution is 5.77. The molecule has 8 heteroatoms. The summed E-state index contributed by atoms with van der Waals surface area (Å²) >= 11 is 0. The molecule has 138 valence electrons. The summed E-state index contributed by atoms with van der Waals surface area (Å²) in [6.45, 7) is 3.45. The fraction of sp³-hybridized carbons (Fsp3) is 0.529. The minimum Gasteiger partial charge on any atom is -0.449 e. The van der Waals surface area contributed by atoms with E-state index < -0.39 is 17.8 Å². The predicted molar refractivity (Wildman–Crippen MR) is 86.9 cm³/mol. The maximum Gasteiger partial charge on any atom is 0.418 e. The van der Waals surface area contributed by atoms with E-state index in [0.717, 1.165) is 18.9 Å². The van der Waals surface area contributed by atoms with E-state index in [-0.39, 0.29) is 37.4 Å². The molecular weight excluding hydrogens is 337 g/mol. The molecule has 1 aromatic rings. The Kier molecular flexibility index (Phi) is 6.27. The lowest BCUT2D eigenvalue weighted by Gasteiger charge is -2.36. The van der Waals surface area contributed by atoms with Gasteiger partial charge in [-0.3, -0.25) is 4.79 Å². The molecule has 0 aliphatic carbocycles. The topological polar surface area (TPSA) is 49.9 Å². The normalized spacial score (nSPS) is 15.2. The molecule has 5 nitrogen and oxygen atoms in total. The van der Waals surface area contributed by atoms with E-state index in [2.05, 4.69) is 0 Å². The zero-order valence-corrected chi connectivity index (χ0v) is 14.0. The van der Waals surface area contributed by atoms with Crippen LogP contribution < -0.4 is 4.90 Å². The molecule has 1 amide bonds. The highest BCUT2D eigenvalue weighted by Gasteiger charge is 2.36. The Hall–Kier alpha value is -2.25. The van der Waals surface area contributed by atoms with Crippen molar-refractivity contribution in [3.05, 3.63) is 29.3 Å². The Morgan fingerprint density at radius 3 is 2.48 bits per heavy atom. The summed E-state index contributed by atoms with van der Waals surface area (Å²) in [6.07, 6.45) is -2.89. The average Bonchev–Trinajstić information content (AvgIpc) is 2.60. The van der Waals surface area contributed by atoms with E-state index >= 15 is 0 Å². The van der Waals surface area contributed by atoms with Crippen molar-refractivity contribution in [3.8, 4) is 0 Å². The molecule has 1 aromatic carbocycles. The van der Waals surface area contributed by atoms with Crippen LogP contribution in [0.3, 0.4) is 0 Å². The van der Waals surface area contributed by atoms with Crippen LogP contribution in [0.4, 0.5) is 23.7 Å². The third kappa shape index (κ3) is 4.87. The summed E-state index contributed by atoms with van der Waals surface area (Å²) in [5.74, 6) is 0. The number of aldehydes is 1. The lowest BCUT2D eigenvalue weighted by Crippen LogP contribution is -2.49. The van der Waals surface area contributed by atoms with Gasteiger partial charge in [0.05, 0.1) is 12.2 Å². The Labute approximate surface area is 144 Å². The molecule has 0 atom stereocenters. The van der Waals surface area contributed by atoms with Gasteiger partial charge in [0, 0.05) is 37.4 Å². The third-order valence-electron chi connectivity index (χ3n) is 4.06. The van der Waals surface area contributed by atoms with Gasteiger partial charge in [-0.25, -0.2) is 4.79 Å². The summed E-state index contributed by atoms with van der Waals surface area (Å²) in [4.78, 5) is 25.7. The van der Waals surface area contributed by atoms with Gasteiger partial charge in [-0.05, 0) is 24.6 Å². The van der Waals surface area contributed by atoms with Crippen molar-refractivity contribution in [2.24, 2.45) is 0 Å². The molecule has 0 saturated carbocycles. The van der Waals surface area contributed by atoms with Gasteiger partial charge in [0.2, 0.25) is 0 Å². The first-order chi connectivity index (χ1) is 11.9. The van der Waals surface area contributed by atoms with E-state index in [1.54, 1.807) is 4.90 Å². The highest BCUT2D eigenvalue weighted by atomic mass is 19.4. The summed E-state index contributed by atoms with van der Waals surface area (Å²) in [6, 6.07) is 3.53. The van der Waals surface area contributed by atoms with Crippen molar-refractivity contribution >= 4 is 18.1 Å². The van der Waals surface area contributed by atoms with Gasteiger partial charge in [0.15, 0.2) is 0 Å². The van der Waals surface area contributed by atoms with Gasteiger partial charge < -0.3 is 14.5 Å². The smallest absolute Gasteiger partial charge is 0.418 e. The second kappa shape index (κ2) is 8.22. The largest absolute Gasteiger partial charge is 0.449 e. The molecular formula is C17H21F3N2O3. The van der Waals surface area contributed by atoms with Crippen LogP contribution in [0.2, 0.25) is 0 Å². The number of amides is 1. The second-order valence-corrected chi connectivity index (χ2v) is 5.83. The van der Waals surface area contributed by atoms with Crippen molar-refractivity contribution in [2.75, 3.05) is 37.7 Å². The molecule has 1 saturated heterocycles. The number of halogens is 3. The SMILES string of the molecule is CCCCOC(=O)N1CCN(c2ccc(C=O)cc2C(F)(F)F)CC1. The first kappa shape index (κ1) is 19.1. The van der Waals surface area contributed by atoms with Crippen molar-refractivity contribution in [1.82, 2.24) is 4.90 Å². The third-order valence-corrected chi connectivity index (χ3v) is 4.06. The van der Waals surface area contributed by atoms with Gasteiger partial charge in [0.1, 0.15) is 6.29 Å². The van der Waals surface area contributed by atoms with Gasteiger partial charge in [-0.15, -0.1) is 0 Å². The summed E-state index contributed by atoms with van der Waals surface area (Å²) in [5, 5.41) is 0. The number of carbonyl (C=O) groups excluding carboxylic acids is 2. The molecule has 0 spiro atoms. The summed E-state index contributed by atoms with van der Waals surface area (Å²) in [5.41, 5.74) is -0.831. The van der Waals surface area contributed by atoms with E-state index in [1.165, 1.54) is 17.0 Å². The Bertz CT molecular complexity index is 612. The van der Waals surface area contributed by atoms with Crippen molar-refractivity contribution < 1.29 is 27.5 Å². The molecule has 0 N–H and O–H groups in total. The molecule has 1 aliphatic rings. The standard InChI is InChI=1S/C17H21F3N2O3/c1-2-3-10-25-16(24)22-8-6-21(7-9-22)15-5-4-13(12-23)11-14(15)17(18,19)20/h4-5,11-12H,2-3,6-10H2,1H3. The zero-order chi connectivity index (χ0) is 18.4. The number of rotatable bonds is 5. The molecule has 1 aliphatic heterocycles. The van der Waals surface area contributed by atoms with E-state index in [0.29, 0.717) is 12.9 Å². The summed E-state index contributed by atoms with van der Waals surface area (Å²) < 4.78 is 44.9. The zero-order valence-electron chi connectivity index (χ0n) is 14.0. The van der Waals surface area contributed by atoms with Gasteiger partial charge in [-0.2, -0.15) is 13.2 Å². The molecule has 25 heavy (non-hydrogen) atoms. The van der Waals surface area contributed by atoms with Crippen LogP contribution in [0.15, 0.2) is 18.2 Å². The van der Waals surface area contributed by atoms with Crippen LogP contribution in [0.25, 0.3) is 0 Å². The Morgan fingerprint density at radius 2 is 1.92 bits per heavy atom. The predicted octanol–water partition coefficient (Wildman–Crippen LogP) is 3.58. The van der Waals surface area contributed by atoms with Crippen LogP contribution in [0.1, 0.15) is 35.7 Å². The number of benzene rings is 1. The van der Waals surface area contributed by atoms with E-state index in [1.807, 2.05) is 6.92 Å². The molecule has 1 heterocycles. The number of carbonyl (C=O) groups is 2. The molecule has 1 fully saturated rings. The van der Waals surface area contributed by atoms with Crippen molar-refractivity contribution in [1.29, 1.82) is 0 Å². The van der Waals surface area contributed by atoms with Gasteiger partial charge in [0.25, 0.3) is 0 Å². The van der Waals surface area contributed by atoms with E-state index in [4.69, 9.17) is 4.74 Å². The number of piperazine rings is 1. The number of hydrogen-bond donors (Lipinski definition) is 0. The van der Waals surface area contributed by atoms with Gasteiger partial charge in [-0.1, -0.05) is 13.3 Å². The van der Waals surface area contributed by atoms with Gasteiger partial charge >= 0.3 is 12.3 Å². The number of anilines is 1. The van der Waals surface area contributed by atoms with E-state index in [9.17, 15) is 22.8 Å². The van der Waals surface area contributed by atoms with Crippen LogP contribution in [0.5, 0.6) is 0 Å². The Balaban J connectivity index is 2.05. The fourth-order valence-corrected chi connectivity index (χ4v) is 2.65. The minimum atomic E-state index is -4.55. The maximum atomic E-state index is 13.3. The molecule has 0 radical (unpaired) electrons. The van der Waals surface area contributed by atoms with Crippen LogP contribution >= 0.6 is 0 Å². The van der Waals surface area contributed by atoms with Crippen molar-refractivity contribution in [3.63, 3.8) is 0 Å². The highest BCUT2D eigenvalue weighted by Crippen LogP contribution is 2.37. The quantitative estimate of drug-likeness (QED) is 0.596. The number of unbranched alkanes of at least 4 members (excludes halogenated alkanes) is 1. The van der Waals surface area contributed by atoms with Crippen LogP contribution in [0, 0.1) is 0 Å². The first-order valence-electron chi connectivity index (χ1n) is 8.20. The maximum absolute atomic E-state index is 13.3. The fourth-order valence-electron chi connectivity index (χ4n) is 2.65. The molecule has 0 unspecified atom stereocenters. The molecule has 0 aromatic heterocycles. The van der Waals surface area contributed by atoms with Crippen LogP contribution in [-0.2, 0) is 10.9 Å². The number of alkyl halides is 3.